The van der Waals surface area contributed by atoms with Crippen molar-refractivity contribution in [1.29, 1.82) is 0 Å². The van der Waals surface area contributed by atoms with Crippen LogP contribution in [0.25, 0.3) is 0 Å². The van der Waals surface area contributed by atoms with Gasteiger partial charge in [0, 0.05) is 19.0 Å². The molecule has 4 heteroatoms. The minimum atomic E-state index is 0. The van der Waals surface area contributed by atoms with Gasteiger partial charge in [-0.05, 0) is 42.2 Å². The molecule has 1 saturated heterocycles. The molecule has 0 radical (unpaired) electrons. The number of hydrogen-bond donors (Lipinski definition) is 1. The number of benzene rings is 1. The molecule has 1 aromatic carbocycles. The number of nitrogens with two attached hydrogens (primary N) is 1. The zero-order chi connectivity index (χ0) is 13.7. The molecular weight excluding hydrogens is 373 g/mol. The van der Waals surface area contributed by atoms with Gasteiger partial charge in [-0.15, -0.1) is 24.0 Å². The van der Waals surface area contributed by atoms with Gasteiger partial charge in [0.1, 0.15) is 0 Å². The number of aliphatic imine (C=N–C) groups is 1. The number of likely N-dealkylation sites (tertiary alicyclic amines) is 1. The summed E-state index contributed by atoms with van der Waals surface area (Å²) in [4.78, 5) is 7.14. The normalized spacial score (nSPS) is 34.0. The van der Waals surface area contributed by atoms with Gasteiger partial charge in [0.15, 0.2) is 5.96 Å². The fourth-order valence-electron chi connectivity index (χ4n) is 4.13. The molecule has 0 spiro atoms. The van der Waals surface area contributed by atoms with E-state index in [0.29, 0.717) is 17.9 Å². The van der Waals surface area contributed by atoms with Gasteiger partial charge in [-0.2, -0.15) is 0 Å². The molecule has 2 fully saturated rings. The molecule has 1 heterocycles. The zero-order valence-corrected chi connectivity index (χ0v) is 14.9. The molecule has 0 bridgehead atoms. The van der Waals surface area contributed by atoms with Crippen LogP contribution in [0.5, 0.6) is 0 Å². The molecular formula is C17H24IN3. The Bertz CT molecular complexity index is 557. The number of hydrogen-bond acceptors (Lipinski definition) is 1. The van der Waals surface area contributed by atoms with E-state index in [1.807, 2.05) is 0 Å². The first kappa shape index (κ1) is 15.1. The summed E-state index contributed by atoms with van der Waals surface area (Å²) in [6, 6.07) is 9.27. The second kappa shape index (κ2) is 5.78. The van der Waals surface area contributed by atoms with Crippen LogP contribution in [0.2, 0.25) is 0 Å². The average Bonchev–Trinajstić information content (AvgIpc) is 2.96. The molecule has 3 aliphatic rings. The van der Waals surface area contributed by atoms with E-state index in [1.165, 1.54) is 30.4 Å². The Labute approximate surface area is 144 Å². The molecule has 4 unspecified atom stereocenters. The quantitative estimate of drug-likeness (QED) is 0.450. The lowest BCUT2D eigenvalue weighted by Gasteiger charge is -2.31. The summed E-state index contributed by atoms with van der Waals surface area (Å²) >= 11 is 0. The lowest BCUT2D eigenvalue weighted by molar-refractivity contribution is 0.270. The highest BCUT2D eigenvalue weighted by Gasteiger charge is 2.56. The number of guanidine groups is 1. The van der Waals surface area contributed by atoms with Gasteiger partial charge in [-0.1, -0.05) is 31.2 Å². The monoisotopic (exact) mass is 397 g/mol. The number of fused-ring (bicyclic) bond motifs is 3. The molecule has 0 amide bonds. The fraction of sp³-hybridized carbons (Fsp3) is 0.588. The number of nitrogens with zero attached hydrogens (tertiary/aromatic N) is 2. The highest BCUT2D eigenvalue weighted by molar-refractivity contribution is 14.0. The molecule has 2 N–H and O–H groups in total. The van der Waals surface area contributed by atoms with Crippen molar-refractivity contribution in [3.05, 3.63) is 35.4 Å². The van der Waals surface area contributed by atoms with E-state index < -0.39 is 0 Å². The highest BCUT2D eigenvalue weighted by atomic mass is 127. The van der Waals surface area contributed by atoms with Gasteiger partial charge in [0.2, 0.25) is 0 Å². The maximum atomic E-state index is 6.25. The van der Waals surface area contributed by atoms with Crippen molar-refractivity contribution in [2.24, 2.45) is 22.6 Å². The Morgan fingerprint density at radius 3 is 2.95 bits per heavy atom. The van der Waals surface area contributed by atoms with E-state index >= 15 is 0 Å². The first-order chi connectivity index (χ1) is 9.74. The summed E-state index contributed by atoms with van der Waals surface area (Å²) in [5.41, 5.74) is 9.30. The van der Waals surface area contributed by atoms with Crippen LogP contribution in [-0.2, 0) is 6.42 Å². The van der Waals surface area contributed by atoms with Crippen molar-refractivity contribution >= 4 is 29.9 Å². The van der Waals surface area contributed by atoms with E-state index in [9.17, 15) is 0 Å². The predicted molar refractivity (Wildman–Crippen MR) is 97.2 cm³/mol. The van der Waals surface area contributed by atoms with Crippen molar-refractivity contribution < 1.29 is 0 Å². The molecule has 4 rings (SSSR count). The first-order valence-electron chi connectivity index (χ1n) is 7.90. The van der Waals surface area contributed by atoms with Crippen LogP contribution in [0.1, 0.15) is 36.8 Å². The third-order valence-electron chi connectivity index (χ3n) is 5.26. The van der Waals surface area contributed by atoms with E-state index in [2.05, 4.69) is 36.1 Å². The summed E-state index contributed by atoms with van der Waals surface area (Å²) in [6.07, 6.45) is 3.77. The second-order valence-corrected chi connectivity index (χ2v) is 6.76. The zero-order valence-electron chi connectivity index (χ0n) is 12.5. The van der Waals surface area contributed by atoms with Gasteiger partial charge >= 0.3 is 0 Å². The molecule has 21 heavy (non-hydrogen) atoms. The maximum absolute atomic E-state index is 6.25. The standard InChI is InChI=1S/C17H23N3.HI/c1-11-5-4-8-20(10-11)17(18)19-16-14-9-12-6-2-3-7-13(12)15(14)16;/h2-3,6-7,11,14-16H,4-5,8-10H2,1H3,(H2,18,19);1H. The van der Waals surface area contributed by atoms with Crippen LogP contribution in [0.4, 0.5) is 0 Å². The smallest absolute Gasteiger partial charge is 0.191 e. The van der Waals surface area contributed by atoms with Gasteiger partial charge < -0.3 is 10.6 Å². The lowest BCUT2D eigenvalue weighted by atomic mass is 10.0. The summed E-state index contributed by atoms with van der Waals surface area (Å²) in [5, 5.41) is 0. The van der Waals surface area contributed by atoms with Crippen molar-refractivity contribution in [2.45, 2.75) is 38.1 Å². The van der Waals surface area contributed by atoms with Crippen LogP contribution < -0.4 is 5.73 Å². The van der Waals surface area contributed by atoms with Crippen LogP contribution in [0.15, 0.2) is 29.3 Å². The Balaban J connectivity index is 0.00000132. The molecule has 3 nitrogen and oxygen atoms in total. The predicted octanol–water partition coefficient (Wildman–Crippen LogP) is 2.99. The minimum absolute atomic E-state index is 0. The van der Waals surface area contributed by atoms with Crippen LogP contribution in [0, 0.1) is 11.8 Å². The summed E-state index contributed by atoms with van der Waals surface area (Å²) in [6.45, 7) is 4.47. The average molecular weight is 397 g/mol. The van der Waals surface area contributed by atoms with Gasteiger partial charge in [-0.3, -0.25) is 0 Å². The highest BCUT2D eigenvalue weighted by Crippen LogP contribution is 2.58. The molecule has 114 valence electrons. The van der Waals surface area contributed by atoms with E-state index in [0.717, 1.165) is 25.0 Å². The van der Waals surface area contributed by atoms with Crippen molar-refractivity contribution in [1.82, 2.24) is 4.90 Å². The van der Waals surface area contributed by atoms with Crippen LogP contribution >= 0.6 is 24.0 Å². The van der Waals surface area contributed by atoms with Crippen LogP contribution in [0.3, 0.4) is 0 Å². The third-order valence-corrected chi connectivity index (χ3v) is 5.26. The van der Waals surface area contributed by atoms with Crippen molar-refractivity contribution in [3.8, 4) is 0 Å². The van der Waals surface area contributed by atoms with Gasteiger partial charge in [0.25, 0.3) is 0 Å². The third kappa shape index (κ3) is 2.67. The molecule has 1 aromatic rings. The lowest BCUT2D eigenvalue weighted by Crippen LogP contribution is -2.43. The molecule has 0 aromatic heterocycles. The summed E-state index contributed by atoms with van der Waals surface area (Å²) < 4.78 is 0. The van der Waals surface area contributed by atoms with E-state index in [4.69, 9.17) is 10.7 Å². The molecule has 4 atom stereocenters. The van der Waals surface area contributed by atoms with E-state index in [-0.39, 0.29) is 24.0 Å². The number of halogens is 1. The Hall–Kier alpha value is -0.780. The number of piperidine rings is 1. The maximum Gasteiger partial charge on any atom is 0.191 e. The Morgan fingerprint density at radius 2 is 2.14 bits per heavy atom. The molecule has 1 aliphatic heterocycles. The van der Waals surface area contributed by atoms with Gasteiger partial charge in [-0.25, -0.2) is 4.99 Å². The first-order valence-corrected chi connectivity index (χ1v) is 7.90. The fourth-order valence-corrected chi connectivity index (χ4v) is 4.13. The molecule has 1 saturated carbocycles. The van der Waals surface area contributed by atoms with E-state index in [1.54, 1.807) is 0 Å². The molecule has 2 aliphatic carbocycles. The topological polar surface area (TPSA) is 41.6 Å². The number of rotatable bonds is 1. The Kier molecular flexibility index (Phi) is 4.17. The van der Waals surface area contributed by atoms with Crippen molar-refractivity contribution in [2.75, 3.05) is 13.1 Å². The minimum Gasteiger partial charge on any atom is -0.370 e. The largest absolute Gasteiger partial charge is 0.370 e. The van der Waals surface area contributed by atoms with Crippen LogP contribution in [-0.4, -0.2) is 30.0 Å². The summed E-state index contributed by atoms with van der Waals surface area (Å²) in [7, 11) is 0. The SMILES string of the molecule is CC1CCCN(C(N)=NC2C3Cc4ccccc4C32)C1.I. The Morgan fingerprint density at radius 1 is 1.33 bits per heavy atom. The van der Waals surface area contributed by atoms with Gasteiger partial charge in [0.05, 0.1) is 6.04 Å². The summed E-state index contributed by atoms with van der Waals surface area (Å²) in [5.74, 6) is 2.89. The second-order valence-electron chi connectivity index (χ2n) is 6.76. The van der Waals surface area contributed by atoms with Crippen molar-refractivity contribution in [3.63, 3.8) is 0 Å².